The van der Waals surface area contributed by atoms with Crippen LogP contribution in [0.2, 0.25) is 0 Å². The molecule has 6 N–H and O–H groups in total. The fourth-order valence-electron chi connectivity index (χ4n) is 4.31. The third-order valence-corrected chi connectivity index (χ3v) is 7.37. The Kier molecular flexibility index (Phi) is 8.69. The average Bonchev–Trinajstić information content (AvgIpc) is 2.96. The highest BCUT2D eigenvalue weighted by atomic mass is 79.9. The highest BCUT2D eigenvalue weighted by Gasteiger charge is 2.37. The number of nitrogens with zero attached hydrogens (tertiary/aromatic N) is 6. The first kappa shape index (κ1) is 32.7. The van der Waals surface area contributed by atoms with Crippen molar-refractivity contribution in [3.8, 4) is 0 Å². The van der Waals surface area contributed by atoms with Crippen LogP contribution in [0.5, 0.6) is 0 Å². The monoisotopic (exact) mass is 774 g/mol. The van der Waals surface area contributed by atoms with Crippen molar-refractivity contribution < 1.29 is 26.3 Å². The van der Waals surface area contributed by atoms with Gasteiger partial charge in [-0.2, -0.15) is 26.3 Å². The van der Waals surface area contributed by atoms with Gasteiger partial charge in [-0.15, -0.1) is 0 Å². The molecule has 0 aliphatic carbocycles. The topological polar surface area (TPSA) is 171 Å². The van der Waals surface area contributed by atoms with Crippen LogP contribution in [0, 0.1) is 0 Å². The number of rotatable bonds is 2. The number of nitrogens with two attached hydrogens (primary N) is 2. The summed E-state index contributed by atoms with van der Waals surface area (Å²) in [5, 5.41) is 4.79. The predicted molar refractivity (Wildman–Crippen MR) is 162 cm³/mol. The van der Waals surface area contributed by atoms with Gasteiger partial charge in [0.25, 0.3) is 11.1 Å². The zero-order chi connectivity index (χ0) is 33.6. The summed E-state index contributed by atoms with van der Waals surface area (Å²) in [4.78, 5) is 39.4. The zero-order valence-corrected chi connectivity index (χ0v) is 25.8. The summed E-state index contributed by atoms with van der Waals surface area (Å²) in [5.41, 5.74) is 8.07. The van der Waals surface area contributed by atoms with Gasteiger partial charge in [-0.1, -0.05) is 56.1 Å². The Labute approximate surface area is 270 Å². The molecule has 4 heterocycles. The second kappa shape index (κ2) is 12.2. The summed E-state index contributed by atoms with van der Waals surface area (Å²) >= 11 is 6.56. The molecule has 0 radical (unpaired) electrons. The normalized spacial score (nSPS) is 17.2. The number of guanidine groups is 2. The first-order chi connectivity index (χ1) is 21.5. The lowest BCUT2D eigenvalue weighted by Crippen LogP contribution is -2.39. The van der Waals surface area contributed by atoms with Gasteiger partial charge in [0.1, 0.15) is 0 Å². The fraction of sp³-hybridized carbons (Fsp3) is 0.154. The van der Waals surface area contributed by atoms with Crippen LogP contribution in [-0.2, 0) is 12.4 Å². The van der Waals surface area contributed by atoms with Crippen LogP contribution in [-0.4, -0.2) is 31.0 Å². The Hall–Kier alpha value is -4.72. The summed E-state index contributed by atoms with van der Waals surface area (Å²) in [7, 11) is 0. The van der Waals surface area contributed by atoms with E-state index in [1.807, 2.05) is 0 Å². The number of benzene rings is 2. The molecule has 2 aliphatic rings. The van der Waals surface area contributed by atoms with Gasteiger partial charge in [0.15, 0.2) is 35.6 Å². The van der Waals surface area contributed by atoms with Gasteiger partial charge < -0.3 is 11.5 Å². The molecule has 0 saturated heterocycles. The molecular formula is C26H18Br2F6N10O2. The van der Waals surface area contributed by atoms with Crippen LogP contribution in [0.4, 0.5) is 38.2 Å². The van der Waals surface area contributed by atoms with Gasteiger partial charge in [-0.25, -0.2) is 20.0 Å². The molecule has 0 amide bonds. The Balaban J connectivity index is 0.000000181. The van der Waals surface area contributed by atoms with Crippen LogP contribution in [0.25, 0.3) is 0 Å². The van der Waals surface area contributed by atoms with Gasteiger partial charge >= 0.3 is 12.4 Å². The number of aromatic nitrogens is 4. The fourth-order valence-corrected chi connectivity index (χ4v) is 4.84. The highest BCUT2D eigenvalue weighted by Crippen LogP contribution is 2.32. The van der Waals surface area contributed by atoms with Crippen molar-refractivity contribution in [1.29, 1.82) is 0 Å². The minimum absolute atomic E-state index is 0.121. The first-order valence-electron chi connectivity index (χ1n) is 12.6. The Bertz CT molecular complexity index is 1830. The van der Waals surface area contributed by atoms with E-state index in [0.29, 0.717) is 23.3 Å². The number of aliphatic imine (C=N–C) groups is 2. The zero-order valence-electron chi connectivity index (χ0n) is 22.6. The molecule has 0 unspecified atom stereocenters. The van der Waals surface area contributed by atoms with Crippen molar-refractivity contribution in [1.82, 2.24) is 19.1 Å². The minimum Gasteiger partial charge on any atom is -0.370 e. The summed E-state index contributed by atoms with van der Waals surface area (Å²) in [5.74, 6) is -0.844. The summed E-state index contributed by atoms with van der Waals surface area (Å²) in [6.07, 6.45) is -11.2. The molecule has 2 aromatic carbocycles. The molecular weight excluding hydrogens is 758 g/mol. The number of nitrogens with one attached hydrogen (secondary N) is 2. The van der Waals surface area contributed by atoms with Crippen LogP contribution < -0.4 is 33.2 Å². The van der Waals surface area contributed by atoms with E-state index in [0.717, 1.165) is 18.1 Å². The maximum Gasteiger partial charge on any atom is 0.433 e. The molecule has 240 valence electrons. The molecule has 4 aromatic rings. The van der Waals surface area contributed by atoms with Crippen molar-refractivity contribution in [2.75, 3.05) is 10.6 Å². The van der Waals surface area contributed by atoms with Gasteiger partial charge in [0.2, 0.25) is 11.9 Å². The van der Waals surface area contributed by atoms with Crippen LogP contribution in [0.1, 0.15) is 34.8 Å². The molecule has 46 heavy (non-hydrogen) atoms. The number of halogens is 8. The number of fused-ring (bicyclic) bond motifs is 2. The summed E-state index contributed by atoms with van der Waals surface area (Å²) in [6, 6.07) is 14.5. The van der Waals surface area contributed by atoms with Crippen LogP contribution in [0.15, 0.2) is 89.2 Å². The number of alkyl halides is 6. The smallest absolute Gasteiger partial charge is 0.370 e. The molecule has 0 saturated carbocycles. The van der Waals surface area contributed by atoms with E-state index in [1.54, 1.807) is 48.5 Å². The molecule has 20 heteroatoms. The maximum atomic E-state index is 12.8. The van der Waals surface area contributed by atoms with Crippen molar-refractivity contribution in [2.24, 2.45) is 21.5 Å². The van der Waals surface area contributed by atoms with E-state index < -0.39 is 47.2 Å². The van der Waals surface area contributed by atoms with E-state index in [2.05, 4.69) is 62.4 Å². The standard InChI is InChI=1S/2C13H9BrF3N5O/c2*14-7-3-1-6(2-4-7)10-20-11(18)21-12-19-8(13(15,16)17)5-9(23)22(10)12/h2*1-5,10H,(H3,18,19,20,21)/t2*10-/m11/s1. The summed E-state index contributed by atoms with van der Waals surface area (Å²) in [6.45, 7) is 0. The SMILES string of the molecule is NC1=N[C@@H](c2ccc(Br)cc2)n2c(nc(C(F)(F)F)cc2=O)N1.NC1=N[C@@H](c2ccc(Br)cc2)n2c(nc(C(F)(F)F)cc2=O)N1. The second-order valence-corrected chi connectivity index (χ2v) is 11.3. The lowest BCUT2D eigenvalue weighted by atomic mass is 10.1. The van der Waals surface area contributed by atoms with Gasteiger partial charge in [-0.05, 0) is 35.4 Å². The lowest BCUT2D eigenvalue weighted by Gasteiger charge is -2.25. The van der Waals surface area contributed by atoms with E-state index in [1.165, 1.54) is 0 Å². The van der Waals surface area contributed by atoms with Crippen molar-refractivity contribution in [3.63, 3.8) is 0 Å². The molecule has 2 atom stereocenters. The summed E-state index contributed by atoms with van der Waals surface area (Å²) < 4.78 is 80.4. The molecule has 0 fully saturated rings. The number of hydrogen-bond donors (Lipinski definition) is 4. The van der Waals surface area contributed by atoms with Gasteiger partial charge in [0.05, 0.1) is 0 Å². The third-order valence-electron chi connectivity index (χ3n) is 6.31. The highest BCUT2D eigenvalue weighted by molar-refractivity contribution is 9.10. The third kappa shape index (κ3) is 6.91. The Morgan fingerprint density at radius 1 is 0.630 bits per heavy atom. The average molecular weight is 776 g/mol. The minimum atomic E-state index is -4.73. The second-order valence-electron chi connectivity index (χ2n) is 9.47. The molecule has 6 rings (SSSR count). The first-order valence-corrected chi connectivity index (χ1v) is 14.2. The van der Waals surface area contributed by atoms with E-state index >= 15 is 0 Å². The lowest BCUT2D eigenvalue weighted by molar-refractivity contribution is -0.142. The van der Waals surface area contributed by atoms with Gasteiger partial charge in [-0.3, -0.25) is 29.4 Å². The van der Waals surface area contributed by atoms with Crippen molar-refractivity contribution in [2.45, 2.75) is 24.7 Å². The Morgan fingerprint density at radius 2 is 0.957 bits per heavy atom. The van der Waals surface area contributed by atoms with Crippen LogP contribution >= 0.6 is 31.9 Å². The largest absolute Gasteiger partial charge is 0.433 e. The van der Waals surface area contributed by atoms with Crippen molar-refractivity contribution >= 4 is 55.7 Å². The van der Waals surface area contributed by atoms with E-state index in [9.17, 15) is 35.9 Å². The number of hydrogen-bond acceptors (Lipinski definition) is 10. The molecule has 2 aliphatic heterocycles. The van der Waals surface area contributed by atoms with Crippen molar-refractivity contribution in [3.05, 3.63) is 113 Å². The molecule has 0 bridgehead atoms. The van der Waals surface area contributed by atoms with E-state index in [-0.39, 0.29) is 23.8 Å². The molecule has 0 spiro atoms. The quantitative estimate of drug-likeness (QED) is 0.214. The van der Waals surface area contributed by atoms with Gasteiger partial charge in [0, 0.05) is 21.1 Å². The predicted octanol–water partition coefficient (Wildman–Crippen LogP) is 4.62. The maximum absolute atomic E-state index is 12.8. The van der Waals surface area contributed by atoms with Crippen LogP contribution in [0.3, 0.4) is 0 Å². The molecule has 12 nitrogen and oxygen atoms in total. The number of anilines is 2. The Morgan fingerprint density at radius 3 is 1.26 bits per heavy atom. The van der Waals surface area contributed by atoms with E-state index in [4.69, 9.17) is 11.5 Å². The molecule has 2 aromatic heterocycles.